The number of azo groups is 1. The van der Waals surface area contributed by atoms with Crippen molar-refractivity contribution in [3.63, 3.8) is 0 Å². The lowest BCUT2D eigenvalue weighted by atomic mass is 10.1. The maximum absolute atomic E-state index is 11.7. The minimum atomic E-state index is -0.428. The minimum absolute atomic E-state index is 0.313. The molecule has 0 atom stereocenters. The molecule has 4 amide bonds. The van der Waals surface area contributed by atoms with Gasteiger partial charge in [0.2, 0.25) is 0 Å². The fourth-order valence-corrected chi connectivity index (χ4v) is 2.78. The molecule has 0 aliphatic carbocycles. The van der Waals surface area contributed by atoms with Crippen LogP contribution in [0.25, 0.3) is 11.1 Å². The molecule has 0 saturated heterocycles. The van der Waals surface area contributed by atoms with Crippen LogP contribution in [0.1, 0.15) is 11.1 Å². The molecule has 4 rings (SSSR count). The number of benzene rings is 2. The van der Waals surface area contributed by atoms with Gasteiger partial charge in [-0.15, -0.1) is 0 Å². The highest BCUT2D eigenvalue weighted by molar-refractivity contribution is 6.34. The monoisotopic (exact) mass is 372 g/mol. The molecule has 0 fully saturated rings. The van der Waals surface area contributed by atoms with Gasteiger partial charge in [-0.2, -0.15) is 10.2 Å². The molecule has 0 saturated carbocycles. The van der Waals surface area contributed by atoms with E-state index in [9.17, 15) is 19.2 Å². The molecule has 136 valence electrons. The fraction of sp³-hybridized carbons (Fsp3) is 0. The van der Waals surface area contributed by atoms with E-state index in [1.807, 2.05) is 0 Å². The third-order valence-corrected chi connectivity index (χ3v) is 4.15. The molecule has 0 aromatic heterocycles. The number of carbonyl (C=O) groups is 4. The summed E-state index contributed by atoms with van der Waals surface area (Å²) < 4.78 is 0. The highest BCUT2D eigenvalue weighted by atomic mass is 16.2. The van der Waals surface area contributed by atoms with Crippen LogP contribution < -0.4 is 10.6 Å². The van der Waals surface area contributed by atoms with Crippen LogP contribution >= 0.6 is 0 Å². The van der Waals surface area contributed by atoms with Crippen LogP contribution in [0, 0.1) is 0 Å². The number of imide groups is 2. The standard InChI is InChI=1S/C20H12N4O4/c25-17-9-15(19(27)21-17)11-1-5-13(6-2-11)23-24-14-7-3-12(4-8-14)16-10-18(26)22-20(16)28/h1-10H,(H,21,25,27)(H,22,26,28). The summed E-state index contributed by atoms with van der Waals surface area (Å²) in [5.74, 6) is -1.70. The van der Waals surface area contributed by atoms with Crippen molar-refractivity contribution in [2.75, 3.05) is 0 Å². The summed E-state index contributed by atoms with van der Waals surface area (Å²) in [5, 5.41) is 12.6. The lowest BCUT2D eigenvalue weighted by Gasteiger charge is -2.01. The van der Waals surface area contributed by atoms with Crippen molar-refractivity contribution in [3.8, 4) is 0 Å². The number of carbonyl (C=O) groups excluding carboxylic acids is 4. The molecule has 2 heterocycles. The largest absolute Gasteiger partial charge is 0.289 e. The van der Waals surface area contributed by atoms with E-state index in [-0.39, 0.29) is 0 Å². The lowest BCUT2D eigenvalue weighted by molar-refractivity contribution is -0.124. The summed E-state index contributed by atoms with van der Waals surface area (Å²) >= 11 is 0. The van der Waals surface area contributed by atoms with E-state index in [1.165, 1.54) is 12.2 Å². The summed E-state index contributed by atoms with van der Waals surface area (Å²) in [7, 11) is 0. The maximum atomic E-state index is 11.7. The fourth-order valence-electron chi connectivity index (χ4n) is 2.78. The van der Waals surface area contributed by atoms with E-state index in [0.717, 1.165) is 0 Å². The lowest BCUT2D eigenvalue weighted by Crippen LogP contribution is -2.21. The van der Waals surface area contributed by atoms with Crippen molar-refractivity contribution in [3.05, 3.63) is 71.8 Å². The Balaban J connectivity index is 1.47. The van der Waals surface area contributed by atoms with Crippen molar-refractivity contribution < 1.29 is 19.2 Å². The number of amides is 4. The molecule has 2 aliphatic rings. The smallest absolute Gasteiger partial charge is 0.258 e. The zero-order valence-corrected chi connectivity index (χ0v) is 14.3. The molecule has 8 heteroatoms. The van der Waals surface area contributed by atoms with E-state index in [4.69, 9.17) is 0 Å². The third kappa shape index (κ3) is 3.38. The Labute approximate surface area is 158 Å². The van der Waals surface area contributed by atoms with Crippen molar-refractivity contribution in [1.82, 2.24) is 10.6 Å². The minimum Gasteiger partial charge on any atom is -0.289 e. The number of hydrogen-bond acceptors (Lipinski definition) is 6. The SMILES string of the molecule is O=C1C=C(c2ccc(N=Nc3ccc(C4=CC(=O)NC4=O)cc3)cc2)C(=O)N1. The van der Waals surface area contributed by atoms with Gasteiger partial charge in [-0.1, -0.05) is 24.3 Å². The highest BCUT2D eigenvalue weighted by Gasteiger charge is 2.22. The van der Waals surface area contributed by atoms with E-state index >= 15 is 0 Å². The highest BCUT2D eigenvalue weighted by Crippen LogP contribution is 2.25. The zero-order chi connectivity index (χ0) is 19.7. The first-order valence-electron chi connectivity index (χ1n) is 8.26. The van der Waals surface area contributed by atoms with Crippen LogP contribution in [0.2, 0.25) is 0 Å². The van der Waals surface area contributed by atoms with Gasteiger partial charge < -0.3 is 0 Å². The number of nitrogens with zero attached hydrogens (tertiary/aromatic N) is 2. The van der Waals surface area contributed by atoms with Gasteiger partial charge in [-0.3, -0.25) is 29.8 Å². The van der Waals surface area contributed by atoms with Crippen molar-refractivity contribution in [2.45, 2.75) is 0 Å². The normalized spacial score (nSPS) is 16.3. The van der Waals surface area contributed by atoms with Gasteiger partial charge in [0.25, 0.3) is 23.6 Å². The van der Waals surface area contributed by atoms with E-state index in [0.29, 0.717) is 33.6 Å². The summed E-state index contributed by atoms with van der Waals surface area (Å²) in [6, 6.07) is 13.5. The third-order valence-electron chi connectivity index (χ3n) is 4.15. The van der Waals surface area contributed by atoms with Gasteiger partial charge in [-0.25, -0.2) is 0 Å². The zero-order valence-electron chi connectivity index (χ0n) is 14.3. The van der Waals surface area contributed by atoms with Gasteiger partial charge in [0.15, 0.2) is 0 Å². The van der Waals surface area contributed by atoms with Crippen LogP contribution in [0.15, 0.2) is 70.9 Å². The Morgan fingerprint density at radius 2 is 0.893 bits per heavy atom. The van der Waals surface area contributed by atoms with Crippen molar-refractivity contribution in [2.24, 2.45) is 10.2 Å². The van der Waals surface area contributed by atoms with Crippen LogP contribution in [0.4, 0.5) is 11.4 Å². The Morgan fingerprint density at radius 3 is 1.18 bits per heavy atom. The second-order valence-electron chi connectivity index (χ2n) is 6.05. The molecular weight excluding hydrogens is 360 g/mol. The number of rotatable bonds is 4. The summed E-state index contributed by atoms with van der Waals surface area (Å²) in [4.78, 5) is 45.7. The van der Waals surface area contributed by atoms with Gasteiger partial charge in [0.05, 0.1) is 22.5 Å². The summed E-state index contributed by atoms with van der Waals surface area (Å²) in [5.41, 5.74) is 3.00. The Kier molecular flexibility index (Phi) is 4.21. The molecule has 8 nitrogen and oxygen atoms in total. The molecule has 2 aromatic carbocycles. The second kappa shape index (κ2) is 6.84. The number of nitrogens with one attached hydrogen (secondary N) is 2. The predicted octanol–water partition coefficient (Wildman–Crippen LogP) is 2.18. The van der Waals surface area contributed by atoms with E-state index < -0.39 is 23.6 Å². The molecule has 0 spiro atoms. The molecule has 0 radical (unpaired) electrons. The molecule has 0 unspecified atom stereocenters. The Hall–Kier alpha value is -4.20. The predicted molar refractivity (Wildman–Crippen MR) is 99.3 cm³/mol. The van der Waals surface area contributed by atoms with Crippen LogP contribution in [0.5, 0.6) is 0 Å². The average Bonchev–Trinajstić information content (AvgIpc) is 3.21. The average molecular weight is 372 g/mol. The molecule has 2 N–H and O–H groups in total. The number of hydrogen-bond donors (Lipinski definition) is 2. The topological polar surface area (TPSA) is 117 Å². The Morgan fingerprint density at radius 1 is 0.536 bits per heavy atom. The van der Waals surface area contributed by atoms with Crippen molar-refractivity contribution >= 4 is 46.1 Å². The summed E-state index contributed by atoms with van der Waals surface area (Å²) in [6.45, 7) is 0. The van der Waals surface area contributed by atoms with E-state index in [1.54, 1.807) is 48.5 Å². The van der Waals surface area contributed by atoms with Gasteiger partial charge in [0, 0.05) is 12.2 Å². The Bertz CT molecular complexity index is 1020. The second-order valence-corrected chi connectivity index (χ2v) is 6.05. The first kappa shape index (κ1) is 17.2. The van der Waals surface area contributed by atoms with Crippen LogP contribution in [0.3, 0.4) is 0 Å². The van der Waals surface area contributed by atoms with Crippen LogP contribution in [-0.4, -0.2) is 23.6 Å². The van der Waals surface area contributed by atoms with Gasteiger partial charge >= 0.3 is 0 Å². The molecular formula is C20H12N4O4. The van der Waals surface area contributed by atoms with Crippen LogP contribution in [-0.2, 0) is 19.2 Å². The molecule has 28 heavy (non-hydrogen) atoms. The molecule has 0 bridgehead atoms. The maximum Gasteiger partial charge on any atom is 0.258 e. The molecule has 2 aliphatic heterocycles. The van der Waals surface area contributed by atoms with Gasteiger partial charge in [0.1, 0.15) is 0 Å². The quantitative estimate of drug-likeness (QED) is 0.632. The molecule has 2 aromatic rings. The van der Waals surface area contributed by atoms with E-state index in [2.05, 4.69) is 20.9 Å². The van der Waals surface area contributed by atoms with Crippen molar-refractivity contribution in [1.29, 1.82) is 0 Å². The first-order valence-corrected chi connectivity index (χ1v) is 8.26. The summed E-state index contributed by atoms with van der Waals surface area (Å²) in [6.07, 6.45) is 2.52. The van der Waals surface area contributed by atoms with Gasteiger partial charge in [-0.05, 0) is 35.4 Å². The first-order chi connectivity index (χ1) is 13.5.